The Balaban J connectivity index is 2.38. The fraction of sp³-hybridized carbons (Fsp3) is 1.00. The van der Waals surface area contributed by atoms with Gasteiger partial charge in [0.25, 0.3) is 0 Å². The lowest BCUT2D eigenvalue weighted by Gasteiger charge is -2.30. The van der Waals surface area contributed by atoms with Crippen molar-refractivity contribution in [1.29, 1.82) is 0 Å². The van der Waals surface area contributed by atoms with Crippen LogP contribution in [0.3, 0.4) is 0 Å². The largest absolute Gasteiger partial charge is 0.305 e. The van der Waals surface area contributed by atoms with Gasteiger partial charge in [-0.05, 0) is 58.3 Å². The Morgan fingerprint density at radius 2 is 2.06 bits per heavy atom. The number of halogens is 1. The molecule has 0 radical (unpaired) electrons. The average Bonchev–Trinajstić information content (AvgIpc) is 2.48. The molecule has 2 atom stereocenters. The maximum absolute atomic E-state index is 5.80. The molecule has 2 nitrogen and oxygen atoms in total. The van der Waals surface area contributed by atoms with E-state index >= 15 is 0 Å². The number of alkyl halides is 1. The van der Waals surface area contributed by atoms with Gasteiger partial charge in [0, 0.05) is 18.5 Å². The summed E-state index contributed by atoms with van der Waals surface area (Å²) in [5, 5.41) is 0. The number of hydrogen-bond acceptors (Lipinski definition) is 2. The zero-order valence-corrected chi connectivity index (χ0v) is 12.5. The first-order valence-electron chi connectivity index (χ1n) is 7.16. The summed E-state index contributed by atoms with van der Waals surface area (Å²) in [4.78, 5) is 5.19. The van der Waals surface area contributed by atoms with Gasteiger partial charge in [-0.3, -0.25) is 4.90 Å². The van der Waals surface area contributed by atoms with E-state index in [0.29, 0.717) is 0 Å². The predicted octanol–water partition coefficient (Wildman–Crippen LogP) is 3.06. The van der Waals surface area contributed by atoms with E-state index in [1.165, 1.54) is 45.4 Å². The lowest BCUT2D eigenvalue weighted by Crippen LogP contribution is -2.40. The average molecular weight is 261 g/mol. The van der Waals surface area contributed by atoms with Crippen LogP contribution in [-0.4, -0.2) is 54.9 Å². The van der Waals surface area contributed by atoms with Gasteiger partial charge in [0.2, 0.25) is 0 Å². The molecule has 1 fully saturated rings. The highest BCUT2D eigenvalue weighted by atomic mass is 35.5. The molecule has 0 aromatic rings. The van der Waals surface area contributed by atoms with Crippen LogP contribution in [-0.2, 0) is 0 Å². The molecule has 0 aliphatic carbocycles. The van der Waals surface area contributed by atoms with Crippen molar-refractivity contribution in [3.8, 4) is 0 Å². The van der Waals surface area contributed by atoms with Crippen molar-refractivity contribution < 1.29 is 0 Å². The van der Waals surface area contributed by atoms with Crippen LogP contribution < -0.4 is 0 Å². The lowest BCUT2D eigenvalue weighted by atomic mass is 10.0. The minimum absolute atomic E-state index is 0.755. The summed E-state index contributed by atoms with van der Waals surface area (Å²) >= 11 is 5.80. The first kappa shape index (κ1) is 15.3. The van der Waals surface area contributed by atoms with Gasteiger partial charge in [0.05, 0.1) is 0 Å². The molecule has 1 rings (SSSR count). The van der Waals surface area contributed by atoms with Crippen LogP contribution in [0.15, 0.2) is 0 Å². The van der Waals surface area contributed by atoms with Crippen molar-refractivity contribution in [2.75, 3.05) is 39.1 Å². The molecule has 102 valence electrons. The minimum Gasteiger partial charge on any atom is -0.305 e. The molecule has 0 amide bonds. The van der Waals surface area contributed by atoms with Crippen LogP contribution in [0.1, 0.15) is 39.5 Å². The van der Waals surface area contributed by atoms with E-state index in [9.17, 15) is 0 Å². The maximum Gasteiger partial charge on any atom is 0.0225 e. The van der Waals surface area contributed by atoms with Crippen LogP contribution in [0.25, 0.3) is 0 Å². The third kappa shape index (κ3) is 5.58. The number of rotatable bonds is 6. The van der Waals surface area contributed by atoms with E-state index in [1.54, 1.807) is 0 Å². The normalized spacial score (nSPS) is 25.8. The highest BCUT2D eigenvalue weighted by molar-refractivity contribution is 6.17. The fourth-order valence-corrected chi connectivity index (χ4v) is 3.06. The molecule has 1 saturated heterocycles. The smallest absolute Gasteiger partial charge is 0.0225 e. The van der Waals surface area contributed by atoms with Crippen molar-refractivity contribution in [3.63, 3.8) is 0 Å². The Bertz CT molecular complexity index is 199. The maximum atomic E-state index is 5.80. The van der Waals surface area contributed by atoms with Gasteiger partial charge >= 0.3 is 0 Å². The third-order valence-electron chi connectivity index (χ3n) is 4.01. The van der Waals surface area contributed by atoms with E-state index in [4.69, 9.17) is 11.6 Å². The first-order valence-corrected chi connectivity index (χ1v) is 7.69. The van der Waals surface area contributed by atoms with Gasteiger partial charge in [-0.2, -0.15) is 0 Å². The summed E-state index contributed by atoms with van der Waals surface area (Å²) in [5.74, 6) is 1.58. The molecule has 17 heavy (non-hydrogen) atoms. The summed E-state index contributed by atoms with van der Waals surface area (Å²) in [5.41, 5.74) is 0. The van der Waals surface area contributed by atoms with Crippen LogP contribution in [0.2, 0.25) is 0 Å². The second-order valence-corrected chi connectivity index (χ2v) is 5.96. The summed E-state index contributed by atoms with van der Waals surface area (Å²) in [6, 6.07) is 0.755. The quantitative estimate of drug-likeness (QED) is 0.678. The highest BCUT2D eigenvalue weighted by Crippen LogP contribution is 2.15. The highest BCUT2D eigenvalue weighted by Gasteiger charge is 2.21. The Hall–Kier alpha value is 0.210. The fourth-order valence-electron chi connectivity index (χ4n) is 2.69. The van der Waals surface area contributed by atoms with Crippen molar-refractivity contribution in [2.45, 2.75) is 45.6 Å². The molecule has 1 aliphatic heterocycles. The van der Waals surface area contributed by atoms with Crippen molar-refractivity contribution in [1.82, 2.24) is 9.80 Å². The van der Waals surface area contributed by atoms with E-state index in [-0.39, 0.29) is 0 Å². The topological polar surface area (TPSA) is 6.48 Å². The Kier molecular flexibility index (Phi) is 7.49. The van der Waals surface area contributed by atoms with Gasteiger partial charge in [0.1, 0.15) is 0 Å². The van der Waals surface area contributed by atoms with E-state index in [1.807, 2.05) is 0 Å². The Labute approximate surface area is 112 Å². The first-order chi connectivity index (χ1) is 8.17. The third-order valence-corrected chi connectivity index (χ3v) is 4.22. The predicted molar refractivity (Wildman–Crippen MR) is 76.9 cm³/mol. The lowest BCUT2D eigenvalue weighted by molar-refractivity contribution is 0.173. The molecule has 0 N–H and O–H groups in total. The van der Waals surface area contributed by atoms with E-state index in [2.05, 4.69) is 30.7 Å². The number of hydrogen-bond donors (Lipinski definition) is 0. The summed E-state index contributed by atoms with van der Waals surface area (Å²) in [6.07, 6.45) is 5.05. The molecule has 0 aromatic heterocycles. The molecule has 0 bridgehead atoms. The van der Waals surface area contributed by atoms with Gasteiger partial charge in [-0.15, -0.1) is 11.6 Å². The van der Waals surface area contributed by atoms with Gasteiger partial charge in [-0.1, -0.05) is 13.8 Å². The van der Waals surface area contributed by atoms with Crippen molar-refractivity contribution >= 4 is 11.6 Å². The molecule has 0 spiro atoms. The molecular formula is C14H29ClN2. The standard InChI is InChI=1S/C14H29ClN2/c1-4-14-12-16(3)9-5-10-17(14)11-7-13(2)6-8-15/h13-14H,4-12H2,1-3H3. The zero-order valence-electron chi connectivity index (χ0n) is 11.8. The summed E-state index contributed by atoms with van der Waals surface area (Å²) in [6.45, 7) is 9.66. The SMILES string of the molecule is CCC1CN(C)CCCN1CCC(C)CCCl. The van der Waals surface area contributed by atoms with Gasteiger partial charge < -0.3 is 4.90 Å². The molecule has 1 heterocycles. The van der Waals surface area contributed by atoms with Crippen LogP contribution >= 0.6 is 11.6 Å². The minimum atomic E-state index is 0.755. The molecule has 1 aliphatic rings. The molecule has 3 heteroatoms. The van der Waals surface area contributed by atoms with E-state index < -0.39 is 0 Å². The van der Waals surface area contributed by atoms with Gasteiger partial charge in [-0.25, -0.2) is 0 Å². The summed E-state index contributed by atoms with van der Waals surface area (Å²) in [7, 11) is 2.25. The molecule has 0 aromatic carbocycles. The second-order valence-electron chi connectivity index (χ2n) is 5.59. The van der Waals surface area contributed by atoms with E-state index in [0.717, 1.165) is 24.3 Å². The zero-order chi connectivity index (χ0) is 12.7. The van der Waals surface area contributed by atoms with Crippen LogP contribution in [0.4, 0.5) is 0 Å². The van der Waals surface area contributed by atoms with Crippen LogP contribution in [0, 0.1) is 5.92 Å². The Morgan fingerprint density at radius 3 is 2.71 bits per heavy atom. The van der Waals surface area contributed by atoms with Crippen molar-refractivity contribution in [2.24, 2.45) is 5.92 Å². The van der Waals surface area contributed by atoms with Gasteiger partial charge in [0.15, 0.2) is 0 Å². The Morgan fingerprint density at radius 1 is 1.29 bits per heavy atom. The molecule has 0 saturated carbocycles. The van der Waals surface area contributed by atoms with Crippen molar-refractivity contribution in [3.05, 3.63) is 0 Å². The second kappa shape index (κ2) is 8.34. The monoisotopic (exact) mass is 260 g/mol. The number of nitrogens with zero attached hydrogens (tertiary/aromatic N) is 2. The summed E-state index contributed by atoms with van der Waals surface area (Å²) < 4.78 is 0. The molecular weight excluding hydrogens is 232 g/mol. The number of likely N-dealkylation sites (N-methyl/N-ethyl adjacent to an activating group) is 1. The van der Waals surface area contributed by atoms with Crippen LogP contribution in [0.5, 0.6) is 0 Å². The molecule has 2 unspecified atom stereocenters.